The summed E-state index contributed by atoms with van der Waals surface area (Å²) in [5, 5.41) is 12.2. The fourth-order valence-electron chi connectivity index (χ4n) is 3.36. The number of benzene rings is 1. The van der Waals surface area contributed by atoms with Crippen molar-refractivity contribution < 1.29 is 9.90 Å². The Morgan fingerprint density at radius 1 is 1.25 bits per heavy atom. The second kappa shape index (κ2) is 7.51. The van der Waals surface area contributed by atoms with Crippen molar-refractivity contribution in [2.75, 3.05) is 0 Å². The minimum absolute atomic E-state index is 0.287. The number of aromatic nitrogens is 2. The predicted octanol–water partition coefficient (Wildman–Crippen LogP) is 5.02. The normalized spacial score (nSPS) is 12.1. The summed E-state index contributed by atoms with van der Waals surface area (Å²) in [7, 11) is 0. The van der Waals surface area contributed by atoms with E-state index in [1.807, 2.05) is 24.4 Å². The van der Waals surface area contributed by atoms with Crippen molar-refractivity contribution in [3.05, 3.63) is 51.4 Å². The van der Waals surface area contributed by atoms with E-state index in [4.69, 9.17) is 0 Å². The van der Waals surface area contributed by atoms with Crippen LogP contribution in [0.2, 0.25) is 0 Å². The maximum atomic E-state index is 13.5. The average Bonchev–Trinajstić information content (AvgIpc) is 3.06. The zero-order chi connectivity index (χ0) is 20.6. The zero-order valence-corrected chi connectivity index (χ0v) is 17.8. The zero-order valence-electron chi connectivity index (χ0n) is 16.9. The molecule has 0 saturated carbocycles. The van der Waals surface area contributed by atoms with E-state index in [1.165, 1.54) is 21.5 Å². The van der Waals surface area contributed by atoms with Crippen molar-refractivity contribution in [2.45, 2.75) is 58.9 Å². The quantitative estimate of drug-likeness (QED) is 0.633. The number of rotatable bonds is 6. The number of aliphatic carboxylic acids is 1. The van der Waals surface area contributed by atoms with Crippen LogP contribution in [-0.2, 0) is 16.8 Å². The fraction of sp³-hybridized carbons (Fsp3) is 0.409. The minimum Gasteiger partial charge on any atom is -0.480 e. The number of nitrogens with zero attached hydrogens (tertiary/aromatic N) is 2. The number of carboxylic acid groups (broad SMARTS) is 1. The molecule has 0 fully saturated rings. The molecule has 5 nitrogen and oxygen atoms in total. The van der Waals surface area contributed by atoms with Gasteiger partial charge in [-0.2, -0.15) is 0 Å². The first-order chi connectivity index (χ1) is 13.2. The Morgan fingerprint density at radius 2 is 1.89 bits per heavy atom. The van der Waals surface area contributed by atoms with Crippen molar-refractivity contribution in [1.82, 2.24) is 9.55 Å². The molecular formula is C22H26N2O3S. The Labute approximate surface area is 168 Å². The van der Waals surface area contributed by atoms with Crippen molar-refractivity contribution >= 4 is 27.5 Å². The van der Waals surface area contributed by atoms with Crippen molar-refractivity contribution in [2.24, 2.45) is 0 Å². The summed E-state index contributed by atoms with van der Waals surface area (Å²) in [6.45, 7) is 9.37. The van der Waals surface area contributed by atoms with E-state index in [2.05, 4.69) is 31.0 Å². The first-order valence-electron chi connectivity index (χ1n) is 9.55. The summed E-state index contributed by atoms with van der Waals surface area (Å²) in [5.74, 6) is -0.0951. The van der Waals surface area contributed by atoms with Gasteiger partial charge in [0.15, 0.2) is 0 Å². The van der Waals surface area contributed by atoms with Gasteiger partial charge in [0.05, 0.1) is 5.39 Å². The second-order valence-electron chi connectivity index (χ2n) is 7.89. The number of carbonyl (C=O) groups is 1. The molecule has 0 saturated heterocycles. The molecule has 28 heavy (non-hydrogen) atoms. The summed E-state index contributed by atoms with van der Waals surface area (Å²) in [5.41, 5.74) is 1.33. The van der Waals surface area contributed by atoms with Gasteiger partial charge in [0.2, 0.25) is 0 Å². The van der Waals surface area contributed by atoms with Crippen molar-refractivity contribution in [3.63, 3.8) is 0 Å². The number of hydrogen-bond acceptors (Lipinski definition) is 4. The van der Waals surface area contributed by atoms with E-state index in [9.17, 15) is 14.7 Å². The first-order valence-corrected chi connectivity index (χ1v) is 10.4. The van der Waals surface area contributed by atoms with Crippen LogP contribution in [0.25, 0.3) is 21.3 Å². The number of carboxylic acids is 1. The summed E-state index contributed by atoms with van der Waals surface area (Å²) >= 11 is 1.43. The number of fused-ring (bicyclic) bond motifs is 1. The molecule has 0 aliphatic carbocycles. The summed E-state index contributed by atoms with van der Waals surface area (Å²) in [6, 6.07) is 8.18. The highest BCUT2D eigenvalue weighted by atomic mass is 32.1. The van der Waals surface area contributed by atoms with Crippen LogP contribution in [0, 0.1) is 0 Å². The minimum atomic E-state index is -1.37. The topological polar surface area (TPSA) is 72.2 Å². The van der Waals surface area contributed by atoms with Crippen molar-refractivity contribution in [3.8, 4) is 11.1 Å². The van der Waals surface area contributed by atoms with E-state index < -0.39 is 11.5 Å². The molecule has 0 aliphatic heterocycles. The highest BCUT2D eigenvalue weighted by Crippen LogP contribution is 2.33. The molecule has 6 heteroatoms. The van der Waals surface area contributed by atoms with Gasteiger partial charge in [-0.25, -0.2) is 9.78 Å². The molecule has 3 rings (SSSR count). The highest BCUT2D eigenvalue weighted by molar-refractivity contribution is 7.17. The molecule has 1 aromatic carbocycles. The van der Waals surface area contributed by atoms with Crippen LogP contribution in [0.1, 0.15) is 58.3 Å². The van der Waals surface area contributed by atoms with Crippen LogP contribution in [0.4, 0.5) is 0 Å². The first kappa shape index (κ1) is 20.3. The Hall–Kier alpha value is -2.47. The fourth-order valence-corrected chi connectivity index (χ4v) is 4.31. The maximum absolute atomic E-state index is 13.5. The molecule has 0 bridgehead atoms. The number of thiophene rings is 1. The summed E-state index contributed by atoms with van der Waals surface area (Å²) in [6.07, 6.45) is 1.33. The molecule has 0 amide bonds. The lowest BCUT2D eigenvalue weighted by molar-refractivity contribution is -0.146. The lowest BCUT2D eigenvalue weighted by Crippen LogP contribution is -2.44. The van der Waals surface area contributed by atoms with E-state index in [1.54, 1.807) is 13.8 Å². The van der Waals surface area contributed by atoms with E-state index >= 15 is 0 Å². The van der Waals surface area contributed by atoms with Gasteiger partial charge in [-0.1, -0.05) is 45.0 Å². The van der Waals surface area contributed by atoms with Crippen LogP contribution in [0.15, 0.2) is 34.4 Å². The molecule has 2 aromatic heterocycles. The molecule has 1 N–H and O–H groups in total. The third-order valence-corrected chi connectivity index (χ3v) is 5.99. The Bertz CT molecular complexity index is 1080. The molecule has 0 radical (unpaired) electrons. The van der Waals surface area contributed by atoms with Gasteiger partial charge in [-0.05, 0) is 37.3 Å². The van der Waals surface area contributed by atoms with Crippen LogP contribution in [-0.4, -0.2) is 20.6 Å². The Kier molecular flexibility index (Phi) is 5.44. The van der Waals surface area contributed by atoms with Gasteiger partial charge in [0.1, 0.15) is 16.2 Å². The molecule has 0 unspecified atom stereocenters. The van der Waals surface area contributed by atoms with Crippen molar-refractivity contribution in [1.29, 1.82) is 0 Å². The molecule has 148 valence electrons. The largest absolute Gasteiger partial charge is 0.480 e. The molecule has 0 spiro atoms. The Balaban J connectivity index is 2.29. The van der Waals surface area contributed by atoms with E-state index in [0.717, 1.165) is 17.5 Å². The average molecular weight is 399 g/mol. The highest BCUT2D eigenvalue weighted by Gasteiger charge is 2.34. The standard InChI is InChI=1S/C22H26N2O3S/c1-6-7-17-23-19-18(20(25)24(17)22(4,5)21(26)27)16(12-28-19)15-10-8-14(9-11-15)13(2)3/h8-13H,6-7H2,1-5H3,(H,26,27). The van der Waals surface area contributed by atoms with Gasteiger partial charge >= 0.3 is 5.97 Å². The third-order valence-electron chi connectivity index (χ3n) is 5.12. The van der Waals surface area contributed by atoms with E-state index in [-0.39, 0.29) is 5.56 Å². The number of hydrogen-bond donors (Lipinski definition) is 1. The monoisotopic (exact) mass is 398 g/mol. The molecule has 0 aliphatic rings. The number of aryl methyl sites for hydroxylation is 1. The SMILES string of the molecule is CCCc1nc2scc(-c3ccc(C(C)C)cc3)c2c(=O)n1C(C)(C)C(=O)O. The van der Waals surface area contributed by atoms with Crippen LogP contribution in [0.5, 0.6) is 0 Å². The molecule has 3 aromatic rings. The van der Waals surface area contributed by atoms with Gasteiger partial charge in [0.25, 0.3) is 5.56 Å². The summed E-state index contributed by atoms with van der Waals surface area (Å²) < 4.78 is 1.36. The lowest BCUT2D eigenvalue weighted by atomic mass is 9.98. The molecule has 0 atom stereocenters. The third kappa shape index (κ3) is 3.37. The lowest BCUT2D eigenvalue weighted by Gasteiger charge is -2.25. The smallest absolute Gasteiger partial charge is 0.329 e. The van der Waals surface area contributed by atoms with Gasteiger partial charge < -0.3 is 5.11 Å². The molecular weight excluding hydrogens is 372 g/mol. The van der Waals surface area contributed by atoms with E-state index in [0.29, 0.717) is 28.4 Å². The second-order valence-corrected chi connectivity index (χ2v) is 8.75. The van der Waals surface area contributed by atoms with Gasteiger partial charge in [0, 0.05) is 17.4 Å². The molecule has 2 heterocycles. The summed E-state index contributed by atoms with van der Waals surface area (Å²) in [4.78, 5) is 30.7. The van der Waals surface area contributed by atoms with Gasteiger partial charge in [-0.3, -0.25) is 9.36 Å². The Morgan fingerprint density at radius 3 is 2.43 bits per heavy atom. The van der Waals surface area contributed by atoms with Crippen LogP contribution in [0.3, 0.4) is 0 Å². The maximum Gasteiger partial charge on any atom is 0.329 e. The van der Waals surface area contributed by atoms with Crippen LogP contribution >= 0.6 is 11.3 Å². The predicted molar refractivity (Wildman–Crippen MR) is 114 cm³/mol. The van der Waals surface area contributed by atoms with Gasteiger partial charge in [-0.15, -0.1) is 11.3 Å². The van der Waals surface area contributed by atoms with Crippen LogP contribution < -0.4 is 5.56 Å².